The summed E-state index contributed by atoms with van der Waals surface area (Å²) < 4.78 is 1.39. The highest BCUT2D eigenvalue weighted by Crippen LogP contribution is 2.29. The summed E-state index contributed by atoms with van der Waals surface area (Å²) in [6, 6.07) is 15.3. The van der Waals surface area contributed by atoms with Crippen molar-refractivity contribution in [2.45, 2.75) is 45.2 Å². The van der Waals surface area contributed by atoms with Gasteiger partial charge in [-0.15, -0.1) is 0 Å². The first kappa shape index (κ1) is 17.5. The highest BCUT2D eigenvalue weighted by Gasteiger charge is 2.24. The van der Waals surface area contributed by atoms with Crippen LogP contribution in [0.4, 0.5) is 0 Å². The van der Waals surface area contributed by atoms with Gasteiger partial charge in [0.1, 0.15) is 0 Å². The zero-order valence-electron chi connectivity index (χ0n) is 15.6. The molecule has 0 fully saturated rings. The van der Waals surface area contributed by atoms with E-state index < -0.39 is 0 Å². The molecule has 1 atom stereocenters. The summed E-state index contributed by atoms with van der Waals surface area (Å²) in [6.45, 7) is 3.78. The lowest BCUT2D eigenvalue weighted by Crippen LogP contribution is -2.34. The van der Waals surface area contributed by atoms with Gasteiger partial charge in [0.15, 0.2) is 5.69 Å². The number of carbonyl (C=O) groups excluding carboxylic acids is 1. The van der Waals surface area contributed by atoms with Gasteiger partial charge in [-0.25, -0.2) is 4.68 Å². The highest BCUT2D eigenvalue weighted by molar-refractivity contribution is 6.04. The first-order chi connectivity index (χ1) is 13.1. The minimum Gasteiger partial charge on any atom is -0.344 e. The Morgan fingerprint density at radius 1 is 1.11 bits per heavy atom. The van der Waals surface area contributed by atoms with Crippen molar-refractivity contribution < 1.29 is 4.79 Å². The number of hydrogen-bond donors (Lipinski definition) is 1. The van der Waals surface area contributed by atoms with Crippen molar-refractivity contribution in [3.05, 3.63) is 75.7 Å². The zero-order valence-corrected chi connectivity index (χ0v) is 15.6. The van der Waals surface area contributed by atoms with Crippen molar-refractivity contribution in [3.8, 4) is 0 Å². The van der Waals surface area contributed by atoms with Crippen LogP contribution in [0.5, 0.6) is 0 Å². The predicted octanol–water partition coefficient (Wildman–Crippen LogP) is 3.78. The molecule has 138 valence electrons. The normalized spacial score (nSPS) is 16.3. The minimum absolute atomic E-state index is 0.0255. The number of aromatic nitrogens is 2. The topological polar surface area (TPSA) is 64.0 Å². The van der Waals surface area contributed by atoms with Crippen molar-refractivity contribution in [2.75, 3.05) is 0 Å². The predicted molar refractivity (Wildman–Crippen MR) is 106 cm³/mol. The number of nitrogens with zero attached hydrogens (tertiary/aromatic N) is 2. The smallest absolute Gasteiger partial charge is 0.274 e. The van der Waals surface area contributed by atoms with E-state index in [1.54, 1.807) is 12.1 Å². The van der Waals surface area contributed by atoms with E-state index in [9.17, 15) is 9.59 Å². The molecule has 0 saturated carbocycles. The van der Waals surface area contributed by atoms with Gasteiger partial charge in [-0.2, -0.15) is 5.10 Å². The SMILES string of the molecule is CC(C)n1nc(C(=O)NC2CCCc3ccccc32)c2ccccc2c1=O. The average molecular weight is 361 g/mol. The Morgan fingerprint density at radius 2 is 1.81 bits per heavy atom. The fourth-order valence-electron chi connectivity index (χ4n) is 3.85. The second kappa shape index (κ2) is 6.99. The molecule has 0 saturated heterocycles. The van der Waals surface area contributed by atoms with E-state index in [1.807, 2.05) is 38.1 Å². The van der Waals surface area contributed by atoms with Crippen LogP contribution in [0.3, 0.4) is 0 Å². The number of hydrogen-bond acceptors (Lipinski definition) is 3. The molecule has 3 aromatic rings. The Balaban J connectivity index is 1.76. The van der Waals surface area contributed by atoms with Crippen LogP contribution < -0.4 is 10.9 Å². The van der Waals surface area contributed by atoms with Gasteiger partial charge in [-0.3, -0.25) is 9.59 Å². The fourth-order valence-corrected chi connectivity index (χ4v) is 3.85. The van der Waals surface area contributed by atoms with E-state index in [-0.39, 0.29) is 23.6 Å². The number of amides is 1. The molecular formula is C22H23N3O2. The summed E-state index contributed by atoms with van der Waals surface area (Å²) in [4.78, 5) is 25.8. The molecule has 0 radical (unpaired) electrons. The lowest BCUT2D eigenvalue weighted by molar-refractivity contribution is 0.0927. The number of aryl methyl sites for hydroxylation is 1. The van der Waals surface area contributed by atoms with E-state index in [4.69, 9.17) is 0 Å². The van der Waals surface area contributed by atoms with Crippen molar-refractivity contribution >= 4 is 16.7 Å². The van der Waals surface area contributed by atoms with E-state index in [0.717, 1.165) is 19.3 Å². The number of nitrogens with one attached hydrogen (secondary N) is 1. The number of rotatable bonds is 3. The molecular weight excluding hydrogens is 338 g/mol. The highest BCUT2D eigenvalue weighted by atomic mass is 16.2. The Hall–Kier alpha value is -2.95. The largest absolute Gasteiger partial charge is 0.344 e. The molecule has 0 aliphatic heterocycles. The molecule has 27 heavy (non-hydrogen) atoms. The maximum Gasteiger partial charge on any atom is 0.274 e. The molecule has 1 aliphatic carbocycles. The molecule has 1 heterocycles. The third-order valence-corrected chi connectivity index (χ3v) is 5.21. The Bertz CT molecular complexity index is 1070. The lowest BCUT2D eigenvalue weighted by atomic mass is 9.87. The maximum atomic E-state index is 13.1. The molecule has 5 nitrogen and oxygen atoms in total. The molecule has 5 heteroatoms. The summed E-state index contributed by atoms with van der Waals surface area (Å²) >= 11 is 0. The van der Waals surface area contributed by atoms with E-state index in [2.05, 4.69) is 22.5 Å². The monoisotopic (exact) mass is 361 g/mol. The van der Waals surface area contributed by atoms with Crippen LogP contribution in [0.15, 0.2) is 53.3 Å². The van der Waals surface area contributed by atoms with Crippen LogP contribution in [0, 0.1) is 0 Å². The molecule has 1 amide bonds. The summed E-state index contributed by atoms with van der Waals surface area (Å²) in [7, 11) is 0. The second-order valence-electron chi connectivity index (χ2n) is 7.35. The molecule has 1 aliphatic rings. The fraction of sp³-hybridized carbons (Fsp3) is 0.318. The van der Waals surface area contributed by atoms with E-state index in [1.165, 1.54) is 15.8 Å². The van der Waals surface area contributed by atoms with Crippen molar-refractivity contribution in [1.29, 1.82) is 0 Å². The van der Waals surface area contributed by atoms with Crippen molar-refractivity contribution in [3.63, 3.8) is 0 Å². The van der Waals surface area contributed by atoms with Gasteiger partial charge in [0, 0.05) is 5.39 Å². The molecule has 4 rings (SSSR count). The van der Waals surface area contributed by atoms with Crippen LogP contribution in [-0.2, 0) is 6.42 Å². The molecule has 0 bridgehead atoms. The van der Waals surface area contributed by atoms with E-state index >= 15 is 0 Å². The first-order valence-corrected chi connectivity index (χ1v) is 9.46. The molecule has 0 spiro atoms. The van der Waals surface area contributed by atoms with E-state index in [0.29, 0.717) is 16.5 Å². The molecule has 1 N–H and O–H groups in total. The van der Waals surface area contributed by atoms with Gasteiger partial charge in [0.2, 0.25) is 0 Å². The Labute approximate surface area is 158 Å². The van der Waals surface area contributed by atoms with Crippen LogP contribution in [-0.4, -0.2) is 15.7 Å². The third kappa shape index (κ3) is 3.14. The third-order valence-electron chi connectivity index (χ3n) is 5.21. The van der Waals surface area contributed by atoms with Crippen molar-refractivity contribution in [2.24, 2.45) is 0 Å². The minimum atomic E-state index is -0.234. The van der Waals surface area contributed by atoms with Crippen molar-refractivity contribution in [1.82, 2.24) is 15.1 Å². The second-order valence-corrected chi connectivity index (χ2v) is 7.35. The summed E-state index contributed by atoms with van der Waals surface area (Å²) in [5.74, 6) is -0.234. The standard InChI is InChI=1S/C22H23N3O2/c1-14(2)25-22(27)18-12-6-5-11-17(18)20(24-25)21(26)23-19-13-7-9-15-8-3-4-10-16(15)19/h3-6,8,10-12,14,19H,7,9,13H2,1-2H3,(H,23,26). The Kier molecular flexibility index (Phi) is 4.52. The van der Waals surface area contributed by atoms with Gasteiger partial charge in [0.25, 0.3) is 11.5 Å². The summed E-state index contributed by atoms with van der Waals surface area (Å²) in [5.41, 5.74) is 2.61. The zero-order chi connectivity index (χ0) is 19.0. The molecule has 1 aromatic heterocycles. The van der Waals surface area contributed by atoms with Crippen LogP contribution in [0.2, 0.25) is 0 Å². The quantitative estimate of drug-likeness (QED) is 0.772. The average Bonchev–Trinajstić information content (AvgIpc) is 2.68. The van der Waals surface area contributed by atoms with Gasteiger partial charge in [-0.05, 0) is 50.3 Å². The summed E-state index contributed by atoms with van der Waals surface area (Å²) in [6.07, 6.45) is 2.99. The number of benzene rings is 2. The number of fused-ring (bicyclic) bond motifs is 2. The van der Waals surface area contributed by atoms with Gasteiger partial charge < -0.3 is 5.32 Å². The molecule has 2 aromatic carbocycles. The van der Waals surface area contributed by atoms with Crippen LogP contribution >= 0.6 is 0 Å². The molecule has 1 unspecified atom stereocenters. The first-order valence-electron chi connectivity index (χ1n) is 9.46. The summed E-state index contributed by atoms with van der Waals surface area (Å²) in [5, 5.41) is 8.69. The van der Waals surface area contributed by atoms with Gasteiger partial charge >= 0.3 is 0 Å². The Morgan fingerprint density at radius 3 is 2.59 bits per heavy atom. The van der Waals surface area contributed by atoms with Gasteiger partial charge in [-0.1, -0.05) is 42.5 Å². The number of carbonyl (C=O) groups is 1. The van der Waals surface area contributed by atoms with Crippen LogP contribution in [0.1, 0.15) is 60.4 Å². The van der Waals surface area contributed by atoms with Gasteiger partial charge in [0.05, 0.1) is 17.5 Å². The maximum absolute atomic E-state index is 13.1. The lowest BCUT2D eigenvalue weighted by Gasteiger charge is -2.26. The van der Waals surface area contributed by atoms with Crippen LogP contribution in [0.25, 0.3) is 10.8 Å².